The van der Waals surface area contributed by atoms with Crippen LogP contribution in [0.1, 0.15) is 12.5 Å². The second-order valence-corrected chi connectivity index (χ2v) is 9.08. The van der Waals surface area contributed by atoms with Crippen molar-refractivity contribution in [3.8, 4) is 5.75 Å². The number of imide groups is 1. The Morgan fingerprint density at radius 2 is 1.63 bits per heavy atom. The van der Waals surface area contributed by atoms with Crippen molar-refractivity contribution in [2.45, 2.75) is 12.5 Å². The molecule has 0 aliphatic carbocycles. The van der Waals surface area contributed by atoms with Gasteiger partial charge in [0.15, 0.2) is 0 Å². The maximum absolute atomic E-state index is 13.4. The highest BCUT2D eigenvalue weighted by molar-refractivity contribution is 6.09. The van der Waals surface area contributed by atoms with E-state index in [1.807, 2.05) is 54.6 Å². The van der Waals surface area contributed by atoms with E-state index in [0.717, 1.165) is 27.1 Å². The van der Waals surface area contributed by atoms with Crippen LogP contribution in [0.5, 0.6) is 5.75 Å². The van der Waals surface area contributed by atoms with E-state index in [-0.39, 0.29) is 12.5 Å². The average Bonchev–Trinajstić information content (AvgIpc) is 3.12. The van der Waals surface area contributed by atoms with Gasteiger partial charge in [0.25, 0.3) is 5.91 Å². The van der Waals surface area contributed by atoms with E-state index in [1.54, 1.807) is 18.9 Å². The summed E-state index contributed by atoms with van der Waals surface area (Å²) in [5, 5.41) is 4.70. The first-order valence-corrected chi connectivity index (χ1v) is 11.7. The van der Waals surface area contributed by atoms with E-state index in [2.05, 4.69) is 22.3 Å². The minimum Gasteiger partial charge on any atom is -0.497 e. The van der Waals surface area contributed by atoms with Crippen LogP contribution in [0.2, 0.25) is 0 Å². The van der Waals surface area contributed by atoms with Gasteiger partial charge in [-0.1, -0.05) is 36.4 Å². The molecule has 2 fully saturated rings. The molecule has 0 radical (unpaired) electrons. The number of nitrogens with one attached hydrogen (secondary N) is 1. The zero-order valence-electron chi connectivity index (χ0n) is 19.9. The van der Waals surface area contributed by atoms with Crippen molar-refractivity contribution >= 4 is 34.3 Å². The highest BCUT2D eigenvalue weighted by Crippen LogP contribution is 2.32. The minimum absolute atomic E-state index is 0.226. The van der Waals surface area contributed by atoms with E-state index in [4.69, 9.17) is 4.74 Å². The summed E-state index contributed by atoms with van der Waals surface area (Å²) in [4.78, 5) is 44.1. The summed E-state index contributed by atoms with van der Waals surface area (Å²) < 4.78 is 5.28. The number of methoxy groups -OCH3 is 1. The number of anilines is 1. The minimum atomic E-state index is -1.24. The lowest BCUT2D eigenvalue weighted by Crippen LogP contribution is -2.52. The van der Waals surface area contributed by atoms with E-state index < -0.39 is 17.5 Å². The third kappa shape index (κ3) is 4.16. The lowest BCUT2D eigenvalue weighted by molar-refractivity contribution is -0.139. The standard InChI is InChI=1S/C27H28N4O4/c1-27(21-10-8-20-17-23(35-2)11-9-19(20)16-21)25(33)31(26(34)28-27)18-24(32)30-14-12-29(13-15-30)22-6-4-3-5-7-22/h3-11,16-17H,12-15,18H2,1-2H3,(H,28,34). The zero-order valence-corrected chi connectivity index (χ0v) is 19.9. The van der Waals surface area contributed by atoms with E-state index in [9.17, 15) is 14.4 Å². The fourth-order valence-corrected chi connectivity index (χ4v) is 4.79. The van der Waals surface area contributed by atoms with Crippen LogP contribution in [0.4, 0.5) is 10.5 Å². The molecule has 180 valence electrons. The molecule has 1 unspecified atom stereocenters. The van der Waals surface area contributed by atoms with Crippen LogP contribution in [0, 0.1) is 0 Å². The number of para-hydroxylation sites is 1. The maximum Gasteiger partial charge on any atom is 0.325 e. The number of carbonyl (C=O) groups excluding carboxylic acids is 3. The van der Waals surface area contributed by atoms with Crippen molar-refractivity contribution in [2.75, 3.05) is 44.7 Å². The third-order valence-electron chi connectivity index (χ3n) is 6.95. The second kappa shape index (κ2) is 8.94. The first-order valence-electron chi connectivity index (χ1n) is 11.7. The highest BCUT2D eigenvalue weighted by Gasteiger charge is 2.49. The van der Waals surface area contributed by atoms with Gasteiger partial charge in [-0.25, -0.2) is 4.79 Å². The van der Waals surface area contributed by atoms with Gasteiger partial charge in [0.2, 0.25) is 5.91 Å². The molecule has 35 heavy (non-hydrogen) atoms. The Hall–Kier alpha value is -4.07. The Bertz CT molecular complexity index is 1290. The molecule has 1 N–H and O–H groups in total. The predicted molar refractivity (Wildman–Crippen MR) is 133 cm³/mol. The molecule has 0 aromatic heterocycles. The van der Waals surface area contributed by atoms with Crippen molar-refractivity contribution in [3.05, 3.63) is 72.3 Å². The second-order valence-electron chi connectivity index (χ2n) is 9.08. The van der Waals surface area contributed by atoms with Crippen molar-refractivity contribution in [3.63, 3.8) is 0 Å². The number of hydrogen-bond acceptors (Lipinski definition) is 5. The Kier molecular flexibility index (Phi) is 5.80. The molecular weight excluding hydrogens is 444 g/mol. The van der Waals surface area contributed by atoms with Crippen molar-refractivity contribution < 1.29 is 19.1 Å². The molecular formula is C27H28N4O4. The normalized spacial score (nSPS) is 20.3. The average molecular weight is 473 g/mol. The monoisotopic (exact) mass is 472 g/mol. The summed E-state index contributed by atoms with van der Waals surface area (Å²) in [6.45, 7) is 3.91. The Morgan fingerprint density at radius 1 is 0.943 bits per heavy atom. The van der Waals surface area contributed by atoms with Crippen LogP contribution >= 0.6 is 0 Å². The summed E-state index contributed by atoms with van der Waals surface area (Å²) in [6, 6.07) is 20.8. The maximum atomic E-state index is 13.4. The third-order valence-corrected chi connectivity index (χ3v) is 6.95. The van der Waals surface area contributed by atoms with E-state index in [1.165, 1.54) is 0 Å². The summed E-state index contributed by atoms with van der Waals surface area (Å²) in [5.74, 6) is 0.0960. The molecule has 0 spiro atoms. The number of rotatable bonds is 5. The number of hydrogen-bond donors (Lipinski definition) is 1. The first kappa shape index (κ1) is 22.7. The van der Waals surface area contributed by atoms with Crippen LogP contribution in [0.15, 0.2) is 66.7 Å². The first-order chi connectivity index (χ1) is 16.9. The molecule has 3 aromatic carbocycles. The topological polar surface area (TPSA) is 82.2 Å². The zero-order chi connectivity index (χ0) is 24.6. The van der Waals surface area contributed by atoms with Gasteiger partial charge in [-0.3, -0.25) is 14.5 Å². The number of fused-ring (bicyclic) bond motifs is 1. The number of urea groups is 1. The molecule has 0 saturated carbocycles. The molecule has 3 aromatic rings. The molecule has 2 heterocycles. The van der Waals surface area contributed by atoms with Crippen molar-refractivity contribution in [1.29, 1.82) is 0 Å². The summed E-state index contributed by atoms with van der Waals surface area (Å²) in [5.41, 5.74) is 0.551. The van der Waals surface area contributed by atoms with Gasteiger partial charge in [0.05, 0.1) is 7.11 Å². The SMILES string of the molecule is COc1ccc2cc(C3(C)NC(=O)N(CC(=O)N4CCN(c5ccccc5)CC4)C3=O)ccc2c1. The fourth-order valence-electron chi connectivity index (χ4n) is 4.79. The molecule has 2 aliphatic heterocycles. The quantitative estimate of drug-likeness (QED) is 0.578. The van der Waals surface area contributed by atoms with Crippen LogP contribution in [-0.2, 0) is 15.1 Å². The van der Waals surface area contributed by atoms with Gasteiger partial charge < -0.3 is 19.9 Å². The Labute approximate surface area is 204 Å². The number of nitrogens with zero attached hydrogens (tertiary/aromatic N) is 3. The highest BCUT2D eigenvalue weighted by atomic mass is 16.5. The lowest BCUT2D eigenvalue weighted by Gasteiger charge is -2.36. The number of benzene rings is 3. The van der Waals surface area contributed by atoms with Crippen molar-refractivity contribution in [2.24, 2.45) is 0 Å². The van der Waals surface area contributed by atoms with Gasteiger partial charge in [-0.05, 0) is 53.6 Å². The molecule has 4 amide bonds. The molecule has 1 atom stereocenters. The molecule has 2 saturated heterocycles. The van der Waals surface area contributed by atoms with E-state index >= 15 is 0 Å². The number of ether oxygens (including phenoxy) is 1. The molecule has 8 nitrogen and oxygen atoms in total. The Morgan fingerprint density at radius 3 is 2.34 bits per heavy atom. The van der Waals surface area contributed by atoms with Crippen LogP contribution in [0.3, 0.4) is 0 Å². The van der Waals surface area contributed by atoms with Crippen molar-refractivity contribution in [1.82, 2.24) is 15.1 Å². The fraction of sp³-hybridized carbons (Fsp3) is 0.296. The molecule has 0 bridgehead atoms. The number of amides is 4. The predicted octanol–water partition coefficient (Wildman–Crippen LogP) is 2.96. The summed E-state index contributed by atoms with van der Waals surface area (Å²) >= 11 is 0. The molecule has 5 rings (SSSR count). The largest absolute Gasteiger partial charge is 0.497 e. The number of piperazine rings is 1. The van der Waals surface area contributed by atoms with Gasteiger partial charge in [0, 0.05) is 31.9 Å². The lowest BCUT2D eigenvalue weighted by atomic mass is 9.90. The summed E-state index contributed by atoms with van der Waals surface area (Å²) in [7, 11) is 1.61. The van der Waals surface area contributed by atoms with Gasteiger partial charge in [0.1, 0.15) is 17.8 Å². The number of carbonyl (C=O) groups is 3. The molecule has 8 heteroatoms. The van der Waals surface area contributed by atoms with Gasteiger partial charge in [-0.2, -0.15) is 0 Å². The smallest absolute Gasteiger partial charge is 0.325 e. The summed E-state index contributed by atoms with van der Waals surface area (Å²) in [6.07, 6.45) is 0. The van der Waals surface area contributed by atoms with Crippen LogP contribution in [0.25, 0.3) is 10.8 Å². The van der Waals surface area contributed by atoms with Crippen LogP contribution in [-0.4, -0.2) is 67.5 Å². The van der Waals surface area contributed by atoms with E-state index in [0.29, 0.717) is 31.7 Å². The van der Waals surface area contributed by atoms with Crippen LogP contribution < -0.4 is 15.0 Å². The molecule has 2 aliphatic rings. The Balaban J connectivity index is 1.27. The van der Waals surface area contributed by atoms with Gasteiger partial charge in [-0.15, -0.1) is 0 Å². The van der Waals surface area contributed by atoms with Gasteiger partial charge >= 0.3 is 6.03 Å².